The molecular formula is C129H176N6O13. The van der Waals surface area contributed by atoms with Gasteiger partial charge in [0.2, 0.25) is 0 Å². The molecule has 0 amide bonds. The van der Waals surface area contributed by atoms with Crippen molar-refractivity contribution in [3.8, 4) is 46.0 Å². The maximum Gasteiger partial charge on any atom is 0.346 e. The van der Waals surface area contributed by atoms with E-state index in [9.17, 15) is 24.8 Å². The number of carbonyl (C=O) groups is 2. The van der Waals surface area contributed by atoms with E-state index in [-0.39, 0.29) is 22.4 Å². The number of methoxy groups -OCH3 is 7. The third-order valence-corrected chi connectivity index (χ3v) is 30.2. The summed E-state index contributed by atoms with van der Waals surface area (Å²) in [6.07, 6.45) is -0.200. The molecule has 0 aliphatic carbocycles. The number of fused-ring (bicyclic) bond motifs is 4. The number of phenolic OH excluding ortho intramolecular Hbond substituents is 1. The number of benzene rings is 11. The molecule has 15 rings (SSSR count). The molecule has 4 heterocycles. The molecule has 0 aliphatic rings. The van der Waals surface area contributed by atoms with E-state index >= 15 is 0 Å². The first kappa shape index (κ1) is 125. The number of carbonyl (C=O) groups excluding carboxylic acids is 2. The number of phenols is 1. The number of ether oxygens (including phenoxy) is 8. The average Bonchev–Trinajstić information content (AvgIpc) is 1.61. The zero-order valence-corrected chi connectivity index (χ0v) is 99.1. The molecule has 0 saturated carbocycles. The molecule has 0 fully saturated rings. The second-order valence-electron chi connectivity index (χ2n) is 38.3. The maximum atomic E-state index is 11.9. The van der Waals surface area contributed by atoms with Crippen LogP contribution in [0.25, 0.3) is 43.6 Å². The van der Waals surface area contributed by atoms with Crippen LogP contribution in [0.15, 0.2) is 115 Å². The molecule has 15 aromatic rings. The number of anilines is 1. The van der Waals surface area contributed by atoms with Gasteiger partial charge in [0.1, 0.15) is 51.8 Å². The number of aryl methyl sites for hydroxylation is 8. The van der Waals surface area contributed by atoms with Crippen molar-refractivity contribution in [2.45, 2.75) is 316 Å². The van der Waals surface area contributed by atoms with Crippen LogP contribution in [-0.4, -0.2) is 96.3 Å². The number of H-pyrrole nitrogens is 1. The van der Waals surface area contributed by atoms with E-state index in [1.54, 1.807) is 63.2 Å². The van der Waals surface area contributed by atoms with Crippen LogP contribution in [0, 0.1) is 239 Å². The van der Waals surface area contributed by atoms with Gasteiger partial charge in [0.15, 0.2) is 6.10 Å². The minimum Gasteiger partial charge on any atom is -0.507 e. The number of rotatable bonds is 18. The Hall–Kier alpha value is -13.7. The number of nitro benzene ring substituents is 1. The highest BCUT2D eigenvalue weighted by atomic mass is 16.6. The van der Waals surface area contributed by atoms with Crippen LogP contribution < -0.4 is 38.9 Å². The van der Waals surface area contributed by atoms with Gasteiger partial charge in [-0.2, -0.15) is 0 Å². The number of nitro groups is 1. The number of hydrogen-bond acceptors (Lipinski definition) is 14. The first-order valence-electron chi connectivity index (χ1n) is 51.7. The number of ketones is 1. The molecule has 4 aromatic heterocycles. The molecule has 0 spiro atoms. The molecule has 0 saturated heterocycles. The lowest BCUT2D eigenvalue weighted by Gasteiger charge is -2.19. The Morgan fingerprint density at radius 1 is 0.338 bits per heavy atom. The number of nitrogens with zero attached hydrogens (tertiary/aromatic N) is 4. The number of nitrogens with one attached hydrogen (secondary N) is 1. The van der Waals surface area contributed by atoms with Crippen LogP contribution in [0.5, 0.6) is 46.0 Å². The third-order valence-electron chi connectivity index (χ3n) is 30.2. The van der Waals surface area contributed by atoms with Gasteiger partial charge in [-0.25, -0.2) is 4.79 Å². The molecule has 1 unspecified atom stereocenters. The molecular weight excluding hydrogens is 1840 g/mol. The van der Waals surface area contributed by atoms with E-state index in [0.717, 1.165) is 137 Å². The molecule has 800 valence electrons. The second kappa shape index (κ2) is 55.9. The van der Waals surface area contributed by atoms with Crippen molar-refractivity contribution in [1.29, 1.82) is 0 Å². The number of Topliss-reactive ketones (excluding diaryl/α,β-unsaturated/α-hetero) is 1. The van der Waals surface area contributed by atoms with Gasteiger partial charge in [-0.3, -0.25) is 14.9 Å². The van der Waals surface area contributed by atoms with Gasteiger partial charge in [0.05, 0.1) is 82.3 Å². The Morgan fingerprint density at radius 3 is 0.986 bits per heavy atom. The van der Waals surface area contributed by atoms with Crippen molar-refractivity contribution in [1.82, 2.24) is 18.7 Å². The van der Waals surface area contributed by atoms with E-state index in [4.69, 9.17) is 43.6 Å². The van der Waals surface area contributed by atoms with Gasteiger partial charge < -0.3 is 67.4 Å². The molecule has 19 nitrogen and oxygen atoms in total. The van der Waals surface area contributed by atoms with Crippen molar-refractivity contribution < 1.29 is 57.5 Å². The molecule has 11 aromatic carbocycles. The van der Waals surface area contributed by atoms with Crippen LogP contribution in [-0.2, 0) is 40.4 Å². The predicted molar refractivity (Wildman–Crippen MR) is 625 cm³/mol. The van der Waals surface area contributed by atoms with Gasteiger partial charge in [-0.15, -0.1) is 0 Å². The van der Waals surface area contributed by atoms with Crippen LogP contribution >= 0.6 is 0 Å². The number of nitrogens with two attached hydrogens (primary N) is 1. The largest absolute Gasteiger partial charge is 0.507 e. The Labute approximate surface area is 886 Å². The Kier molecular flexibility index (Phi) is 47.1. The lowest BCUT2D eigenvalue weighted by atomic mass is 9.91. The van der Waals surface area contributed by atoms with E-state index in [1.165, 1.54) is 181 Å². The topological polar surface area (TPSA) is 228 Å². The van der Waals surface area contributed by atoms with Gasteiger partial charge in [-0.1, -0.05) is 133 Å². The van der Waals surface area contributed by atoms with Crippen molar-refractivity contribution in [2.75, 3.05) is 55.5 Å². The van der Waals surface area contributed by atoms with Crippen molar-refractivity contribution in [3.05, 3.63) is 332 Å². The Bertz CT molecular complexity index is 7050. The zero-order valence-electron chi connectivity index (χ0n) is 99.1. The minimum atomic E-state index is -0.656. The molecule has 0 radical (unpaired) electrons. The van der Waals surface area contributed by atoms with Crippen molar-refractivity contribution in [2.24, 2.45) is 0 Å². The smallest absolute Gasteiger partial charge is 0.346 e. The molecule has 0 bridgehead atoms. The fourth-order valence-electron chi connectivity index (χ4n) is 19.5. The fourth-order valence-corrected chi connectivity index (χ4v) is 19.5. The highest BCUT2D eigenvalue weighted by molar-refractivity contribution is 5.96. The Balaban J connectivity index is 0.000000299. The van der Waals surface area contributed by atoms with Gasteiger partial charge in [-0.05, 0) is 428 Å². The van der Waals surface area contributed by atoms with Gasteiger partial charge in [0, 0.05) is 92.8 Å². The number of hydrogen-bond donors (Lipinski definition) is 3. The summed E-state index contributed by atoms with van der Waals surface area (Å²) in [5.41, 5.74) is 55.4. The van der Waals surface area contributed by atoms with Gasteiger partial charge >= 0.3 is 5.97 Å². The zero-order chi connectivity index (χ0) is 112. The number of nitrogen functional groups attached to an aromatic ring is 1. The summed E-state index contributed by atoms with van der Waals surface area (Å²) in [4.78, 5) is 37.1. The Morgan fingerprint density at radius 2 is 0.622 bits per heavy atom. The maximum absolute atomic E-state index is 11.9. The lowest BCUT2D eigenvalue weighted by Crippen LogP contribution is -2.25. The summed E-state index contributed by atoms with van der Waals surface area (Å²) in [7, 11) is 11.5. The molecule has 1 atom stereocenters. The first-order chi connectivity index (χ1) is 69.8. The van der Waals surface area contributed by atoms with E-state index in [2.05, 4.69) is 288 Å². The minimum absolute atomic E-state index is 0.162. The number of aromatic amines is 1. The molecule has 0 aliphatic heterocycles. The standard InChI is InChI=1S/C23H27NO3.C20H23NO.C19H21NO.C14H20O2.C13H17NO.C12H18O.C11H15NO3.C11H17NO.3C2H6/c1-14-12-20-21(24(14)13-19-10-8-7-9-11-19)16(3)15(2)17(4)22(20)27-18(5)23(25)26-6;1-13-11-18-19(15(3)14(2)16(4)20(18)22-5)21(13)12-17-9-7-6-8-10-17;1-12-10-17-18(14(3)13(2)15(4)19(17)21)20(12)11-16-8-6-5-7-9-16;1-8(15)7-13-11(4)9(2)10(3)12(5)14(13)16-6;1-7-6-11-12(14-7)9(3)8(2)10(4)13(11)15-5;1-7-8(2)10(4)12(13-6)11(5)9(7)3;1-6-7(2)10(12(13)14)9(4)11(15-5)8(6)3;1-6-7(2)10(12)9(4)11(13-5)8(6)3;3*1-2/h7-12,18H,13H2,1-6H3;6-11H,12H2,1-5H3;5-10,21H,11H2,1-4H3;7H2,1-6H3;6,14H,1-5H3;1-6H3;1-5H3;12H2,1-5H3;3*1-2H3. The van der Waals surface area contributed by atoms with E-state index in [1.807, 2.05) is 102 Å². The summed E-state index contributed by atoms with van der Waals surface area (Å²) in [5.74, 6) is 6.43. The number of esters is 1. The molecule has 4 N–H and O–H groups in total. The lowest BCUT2D eigenvalue weighted by molar-refractivity contribution is -0.386. The monoisotopic (exact) mass is 2020 g/mol. The fraction of sp³-hybridized carbons (Fsp3) is 0.411. The summed E-state index contributed by atoms with van der Waals surface area (Å²) in [6.45, 7) is 86.2. The summed E-state index contributed by atoms with van der Waals surface area (Å²) in [5, 5.41) is 25.8. The van der Waals surface area contributed by atoms with Crippen LogP contribution in [0.3, 0.4) is 0 Å². The number of aromatic hydroxyl groups is 1. The summed E-state index contributed by atoms with van der Waals surface area (Å²) >= 11 is 0. The first-order valence-corrected chi connectivity index (χ1v) is 51.7. The quantitative estimate of drug-likeness (QED) is 0.0314. The third kappa shape index (κ3) is 27.4. The summed E-state index contributed by atoms with van der Waals surface area (Å²) < 4.78 is 50.5. The van der Waals surface area contributed by atoms with E-state index < -0.39 is 6.10 Å². The van der Waals surface area contributed by atoms with E-state index in [0.29, 0.717) is 23.5 Å². The predicted octanol–water partition coefficient (Wildman–Crippen LogP) is 32.6. The highest BCUT2D eigenvalue weighted by Gasteiger charge is 2.28. The van der Waals surface area contributed by atoms with Crippen LogP contribution in [0.2, 0.25) is 0 Å². The highest BCUT2D eigenvalue weighted by Crippen LogP contribution is 2.45. The molecule has 148 heavy (non-hydrogen) atoms. The normalized spacial score (nSPS) is 10.7. The molecule has 19 heteroatoms. The average molecular weight is 2020 g/mol. The van der Waals surface area contributed by atoms with Crippen LogP contribution in [0.1, 0.15) is 262 Å². The second-order valence-corrected chi connectivity index (χ2v) is 38.3. The van der Waals surface area contributed by atoms with Crippen molar-refractivity contribution in [3.63, 3.8) is 0 Å². The van der Waals surface area contributed by atoms with Crippen molar-refractivity contribution >= 4 is 66.7 Å². The SMILES string of the molecule is CC.CC.CC.COC(=O)C(C)Oc1c(C)c(C)c(C)c2c1cc(C)n2Cc1ccccc1.COc1c(C)c(C)c(C)c(C)c1C.COc1c(C)c(C)c(C)c(C)c1CC(C)=O.COc1c(C)c(C)c(C)c(N)c1C.COc1c(C)c(C)c(C)c([N+](=O)[O-])c1C.COc1c(C)c(C)c(C)c2[nH]c(C)cc12.COc1c(C)c(C)c(C)c2c1cc(C)n2Cc1ccccc1.Cc1c(C)c(C)c2c(cc(C)n2Cc2ccccc2)c1O. The summed E-state index contributed by atoms with van der Waals surface area (Å²) in [6, 6.07) is 40.1. The number of aromatic nitrogens is 4. The van der Waals surface area contributed by atoms with Gasteiger partial charge in [0.25, 0.3) is 5.69 Å². The van der Waals surface area contributed by atoms with Crippen LogP contribution in [0.4, 0.5) is 11.4 Å².